The maximum absolute atomic E-state index is 14.5. The van der Waals surface area contributed by atoms with Crippen LogP contribution in [0.5, 0.6) is 0 Å². The highest BCUT2D eigenvalue weighted by atomic mass is 35.5. The molecule has 4 rings (SSSR count). The molecule has 3 aliphatic rings. The molecule has 2 amide bonds. The Morgan fingerprint density at radius 2 is 1.95 bits per heavy atom. The summed E-state index contributed by atoms with van der Waals surface area (Å²) < 4.78 is 12.2. The Morgan fingerprint density at radius 3 is 2.53 bits per heavy atom. The Balaban J connectivity index is 1.82. The monoisotopic (exact) mass is 544 g/mol. The number of likely N-dealkylation sites (tertiary alicyclic amines) is 1. The average molecular weight is 545 g/mol. The van der Waals surface area contributed by atoms with E-state index in [1.807, 2.05) is 20.8 Å². The van der Waals surface area contributed by atoms with Crippen molar-refractivity contribution in [1.29, 1.82) is 0 Å². The Kier molecular flexibility index (Phi) is 8.07. The number of ether oxygens (including phenoxy) is 2. The van der Waals surface area contributed by atoms with E-state index in [9.17, 15) is 19.5 Å². The molecule has 38 heavy (non-hydrogen) atoms. The van der Waals surface area contributed by atoms with E-state index in [0.717, 1.165) is 0 Å². The van der Waals surface area contributed by atoms with E-state index >= 15 is 0 Å². The van der Waals surface area contributed by atoms with Crippen LogP contribution in [0.15, 0.2) is 49.6 Å². The van der Waals surface area contributed by atoms with Crippen LogP contribution >= 0.6 is 11.6 Å². The van der Waals surface area contributed by atoms with Gasteiger partial charge in [0.25, 0.3) is 5.91 Å². The highest BCUT2D eigenvalue weighted by molar-refractivity contribution is 6.30. The molecule has 1 N–H and O–H groups in total. The molecule has 6 atom stereocenters. The summed E-state index contributed by atoms with van der Waals surface area (Å²) >= 11 is 6.09. The fourth-order valence-electron chi connectivity index (χ4n) is 6.53. The fraction of sp³-hybridized carbons (Fsp3) is 0.552. The van der Waals surface area contributed by atoms with Crippen molar-refractivity contribution < 1.29 is 29.0 Å². The van der Waals surface area contributed by atoms with E-state index < -0.39 is 41.1 Å². The van der Waals surface area contributed by atoms with Crippen LogP contribution in [-0.4, -0.2) is 70.8 Å². The Hall–Kier alpha value is -2.68. The van der Waals surface area contributed by atoms with Gasteiger partial charge in [-0.15, -0.1) is 13.2 Å². The predicted molar refractivity (Wildman–Crippen MR) is 145 cm³/mol. The van der Waals surface area contributed by atoms with Crippen molar-refractivity contribution in [2.45, 2.75) is 63.3 Å². The molecule has 1 aromatic carbocycles. The normalized spacial score (nSPS) is 30.3. The van der Waals surface area contributed by atoms with Crippen molar-refractivity contribution in [2.24, 2.45) is 17.8 Å². The third-order valence-electron chi connectivity index (χ3n) is 8.30. The first kappa shape index (κ1) is 28.3. The molecule has 3 heterocycles. The highest BCUT2D eigenvalue weighted by Crippen LogP contribution is 2.64. The molecule has 8 nitrogen and oxygen atoms in total. The third kappa shape index (κ3) is 4.46. The van der Waals surface area contributed by atoms with Crippen LogP contribution in [0.3, 0.4) is 0 Å². The van der Waals surface area contributed by atoms with E-state index in [-0.39, 0.29) is 37.5 Å². The lowest BCUT2D eigenvalue weighted by Gasteiger charge is -2.40. The van der Waals surface area contributed by atoms with Crippen LogP contribution < -0.4 is 4.90 Å². The van der Waals surface area contributed by atoms with Crippen molar-refractivity contribution in [3.63, 3.8) is 0 Å². The quantitative estimate of drug-likeness (QED) is 0.259. The Bertz CT molecular complexity index is 1110. The van der Waals surface area contributed by atoms with Crippen LogP contribution in [0.2, 0.25) is 5.02 Å². The standard InChI is InChI=1S/C29H37ClN2O6/c1-6-8-16-37-27(36)23-22-25(34)32(21(17-33)18(3)4)24(29(22)14-13-28(23,5)38-29)26(35)31(15-7-2)20-11-9-19(30)10-12-20/h6-7,9-12,18,21-24,33H,1-2,8,13-17H2,3-5H3/t21-,22-,23+,24?,28-,29?/m0/s1. The van der Waals surface area contributed by atoms with E-state index in [4.69, 9.17) is 21.1 Å². The summed E-state index contributed by atoms with van der Waals surface area (Å²) in [5.41, 5.74) is -1.57. The van der Waals surface area contributed by atoms with Crippen LogP contribution in [0.4, 0.5) is 5.69 Å². The first-order chi connectivity index (χ1) is 18.1. The minimum atomic E-state index is -1.22. The maximum Gasteiger partial charge on any atom is 0.312 e. The Morgan fingerprint density at radius 1 is 1.26 bits per heavy atom. The lowest BCUT2D eigenvalue weighted by Crippen LogP contribution is -2.60. The lowest BCUT2D eigenvalue weighted by molar-refractivity contribution is -0.160. The van der Waals surface area contributed by atoms with Gasteiger partial charge in [0.1, 0.15) is 17.6 Å². The number of hydrogen-bond acceptors (Lipinski definition) is 6. The molecular formula is C29H37ClN2O6. The molecule has 0 saturated carbocycles. The predicted octanol–water partition coefficient (Wildman–Crippen LogP) is 3.76. The van der Waals surface area contributed by atoms with Gasteiger partial charge < -0.3 is 24.4 Å². The van der Waals surface area contributed by atoms with Gasteiger partial charge >= 0.3 is 5.97 Å². The lowest BCUT2D eigenvalue weighted by atomic mass is 9.66. The van der Waals surface area contributed by atoms with Crippen LogP contribution in [0.1, 0.15) is 40.0 Å². The minimum absolute atomic E-state index is 0.149. The van der Waals surface area contributed by atoms with Crippen molar-refractivity contribution in [2.75, 3.05) is 24.7 Å². The molecule has 3 aliphatic heterocycles. The summed E-state index contributed by atoms with van der Waals surface area (Å²) in [4.78, 5) is 45.1. The third-order valence-corrected chi connectivity index (χ3v) is 8.55. The molecule has 3 fully saturated rings. The van der Waals surface area contributed by atoms with Gasteiger partial charge in [-0.2, -0.15) is 0 Å². The van der Waals surface area contributed by atoms with Crippen LogP contribution in [0, 0.1) is 17.8 Å². The number of carbonyl (C=O) groups is 3. The number of esters is 1. The number of halogens is 1. The number of amides is 2. The topological polar surface area (TPSA) is 96.4 Å². The van der Waals surface area contributed by atoms with Gasteiger partial charge in [0.2, 0.25) is 5.91 Å². The average Bonchev–Trinajstić information content (AvgIpc) is 3.44. The first-order valence-electron chi connectivity index (χ1n) is 13.1. The van der Waals surface area contributed by atoms with Gasteiger partial charge in [-0.1, -0.05) is 37.6 Å². The molecule has 0 aromatic heterocycles. The molecule has 1 aromatic rings. The van der Waals surface area contributed by atoms with Gasteiger partial charge in [-0.3, -0.25) is 14.4 Å². The Labute approximate surface area is 229 Å². The molecule has 2 bridgehead atoms. The summed E-state index contributed by atoms with van der Waals surface area (Å²) in [5, 5.41) is 10.9. The SMILES string of the molecule is C=CCCOC(=O)[C@H]1[C@H]2C(=O)N([C@@H](CO)C(C)C)C(C(=O)N(CC=C)c3ccc(Cl)cc3)C23CC[C@]1(C)O3. The van der Waals surface area contributed by atoms with Crippen LogP contribution in [0.25, 0.3) is 0 Å². The number of anilines is 1. The summed E-state index contributed by atoms with van der Waals surface area (Å²) in [6.07, 6.45) is 4.70. The second kappa shape index (κ2) is 10.8. The van der Waals surface area contributed by atoms with Crippen LogP contribution in [-0.2, 0) is 23.9 Å². The maximum atomic E-state index is 14.5. The van der Waals surface area contributed by atoms with Gasteiger partial charge in [0, 0.05) is 17.3 Å². The molecule has 9 heteroatoms. The minimum Gasteiger partial charge on any atom is -0.465 e. The number of carbonyl (C=O) groups excluding carboxylic acids is 3. The number of nitrogens with zero attached hydrogens (tertiary/aromatic N) is 2. The zero-order valence-corrected chi connectivity index (χ0v) is 23.0. The second-order valence-corrected chi connectivity index (χ2v) is 11.4. The summed E-state index contributed by atoms with van der Waals surface area (Å²) in [6, 6.07) is 5.18. The number of hydrogen-bond donors (Lipinski definition) is 1. The fourth-order valence-corrected chi connectivity index (χ4v) is 6.66. The number of benzene rings is 1. The first-order valence-corrected chi connectivity index (χ1v) is 13.5. The van der Waals surface area contributed by atoms with Gasteiger partial charge in [0.15, 0.2) is 0 Å². The highest BCUT2D eigenvalue weighted by Gasteiger charge is 2.79. The van der Waals surface area contributed by atoms with E-state index in [2.05, 4.69) is 13.2 Å². The number of rotatable bonds is 11. The molecule has 1 spiro atoms. The summed E-state index contributed by atoms with van der Waals surface area (Å²) in [7, 11) is 0. The molecule has 0 radical (unpaired) electrons. The van der Waals surface area contributed by atoms with Gasteiger partial charge in [-0.25, -0.2) is 0 Å². The van der Waals surface area contributed by atoms with Crippen molar-refractivity contribution in [3.8, 4) is 0 Å². The zero-order chi connectivity index (χ0) is 27.8. The molecular weight excluding hydrogens is 508 g/mol. The number of aliphatic hydroxyl groups excluding tert-OH is 1. The van der Waals surface area contributed by atoms with E-state index in [0.29, 0.717) is 30.0 Å². The van der Waals surface area contributed by atoms with Crippen molar-refractivity contribution in [3.05, 3.63) is 54.6 Å². The summed E-state index contributed by atoms with van der Waals surface area (Å²) in [5.74, 6) is -3.12. The van der Waals surface area contributed by atoms with E-state index in [1.54, 1.807) is 41.3 Å². The van der Waals surface area contributed by atoms with Gasteiger partial charge in [0.05, 0.1) is 30.8 Å². The number of aliphatic hydroxyl groups is 1. The van der Waals surface area contributed by atoms with Crippen molar-refractivity contribution >= 4 is 35.1 Å². The zero-order valence-electron chi connectivity index (χ0n) is 22.3. The molecule has 0 aliphatic carbocycles. The summed E-state index contributed by atoms with van der Waals surface area (Å²) in [6.45, 7) is 13.1. The molecule has 2 unspecified atom stereocenters. The molecule has 206 valence electrons. The smallest absolute Gasteiger partial charge is 0.312 e. The number of fused-ring (bicyclic) bond motifs is 1. The van der Waals surface area contributed by atoms with E-state index in [1.165, 1.54) is 4.90 Å². The van der Waals surface area contributed by atoms with Crippen molar-refractivity contribution in [1.82, 2.24) is 4.90 Å². The molecule has 3 saturated heterocycles. The largest absolute Gasteiger partial charge is 0.465 e. The van der Waals surface area contributed by atoms with Gasteiger partial charge in [-0.05, 0) is 56.4 Å². The second-order valence-electron chi connectivity index (χ2n) is 10.9.